The number of halogens is 3. The lowest BCUT2D eigenvalue weighted by Gasteiger charge is -2.19. The first kappa shape index (κ1) is 23.3. The van der Waals surface area contributed by atoms with Crippen LogP contribution in [0.5, 0.6) is 0 Å². The molecule has 3 aromatic rings. The molecule has 0 bridgehead atoms. The fraction of sp³-hybridized carbons (Fsp3) is 0.182. The zero-order chi connectivity index (χ0) is 23.1. The maximum atomic E-state index is 13.3. The van der Waals surface area contributed by atoms with E-state index in [2.05, 4.69) is 28.3 Å². The number of amides is 1. The largest absolute Gasteiger partial charge is 0.416 e. The lowest BCUT2D eigenvalue weighted by atomic mass is 10.2. The molecular weight excluding hydrogens is 439 g/mol. The van der Waals surface area contributed by atoms with E-state index in [4.69, 9.17) is 0 Å². The van der Waals surface area contributed by atoms with Gasteiger partial charge < -0.3 is 4.90 Å². The van der Waals surface area contributed by atoms with Crippen LogP contribution in [0.4, 0.5) is 13.2 Å². The van der Waals surface area contributed by atoms with Crippen LogP contribution in [0.3, 0.4) is 0 Å². The van der Waals surface area contributed by atoms with Crippen molar-refractivity contribution in [1.29, 1.82) is 0 Å². The number of nitrogens with zero attached hydrogens (tertiary/aromatic N) is 5. The van der Waals surface area contributed by atoms with Crippen LogP contribution < -0.4 is 0 Å². The van der Waals surface area contributed by atoms with Crippen molar-refractivity contribution in [3.63, 3.8) is 0 Å². The summed E-state index contributed by atoms with van der Waals surface area (Å²) in [6.07, 6.45) is 1.84. The van der Waals surface area contributed by atoms with Gasteiger partial charge in [0.25, 0.3) is 0 Å². The molecule has 0 saturated carbocycles. The number of carbonyl (C=O) groups excluding carboxylic acids is 1. The Hall–Kier alpha value is -3.40. The summed E-state index contributed by atoms with van der Waals surface area (Å²) in [7, 11) is 0. The van der Waals surface area contributed by atoms with E-state index in [1.54, 1.807) is 41.6 Å². The minimum atomic E-state index is -4.50. The summed E-state index contributed by atoms with van der Waals surface area (Å²) in [5.74, 6) is 0.156. The Morgan fingerprint density at radius 3 is 2.50 bits per heavy atom. The van der Waals surface area contributed by atoms with Crippen LogP contribution in [0.1, 0.15) is 5.56 Å². The summed E-state index contributed by atoms with van der Waals surface area (Å²) in [6.45, 7) is 7.99. The Labute approximate surface area is 187 Å². The van der Waals surface area contributed by atoms with E-state index >= 15 is 0 Å². The van der Waals surface area contributed by atoms with Crippen molar-refractivity contribution in [3.05, 3.63) is 79.7 Å². The molecule has 1 aromatic carbocycles. The van der Waals surface area contributed by atoms with E-state index in [1.165, 1.54) is 16.7 Å². The topological polar surface area (TPSA) is 63.9 Å². The fourth-order valence-electron chi connectivity index (χ4n) is 2.91. The highest BCUT2D eigenvalue weighted by Crippen LogP contribution is 2.33. The quantitative estimate of drug-likeness (QED) is 0.345. The smallest absolute Gasteiger partial charge is 0.335 e. The van der Waals surface area contributed by atoms with Gasteiger partial charge in [-0.15, -0.1) is 23.4 Å². The monoisotopic (exact) mass is 459 g/mol. The van der Waals surface area contributed by atoms with E-state index in [0.717, 1.165) is 23.9 Å². The minimum Gasteiger partial charge on any atom is -0.335 e. The van der Waals surface area contributed by atoms with E-state index in [9.17, 15) is 18.0 Å². The van der Waals surface area contributed by atoms with Crippen molar-refractivity contribution in [2.45, 2.75) is 11.3 Å². The summed E-state index contributed by atoms with van der Waals surface area (Å²) >= 11 is 1.09. The molecule has 166 valence electrons. The third-order valence-corrected chi connectivity index (χ3v) is 5.27. The number of hydrogen-bond donors (Lipinski definition) is 0. The molecule has 3 rings (SSSR count). The van der Waals surface area contributed by atoms with Crippen molar-refractivity contribution in [1.82, 2.24) is 24.6 Å². The molecule has 6 nitrogen and oxygen atoms in total. The molecule has 0 N–H and O–H groups in total. The van der Waals surface area contributed by atoms with Crippen LogP contribution in [-0.4, -0.2) is 49.4 Å². The maximum Gasteiger partial charge on any atom is 0.416 e. The van der Waals surface area contributed by atoms with E-state index in [0.29, 0.717) is 24.5 Å². The van der Waals surface area contributed by atoms with E-state index < -0.39 is 11.7 Å². The van der Waals surface area contributed by atoms with Crippen LogP contribution >= 0.6 is 11.8 Å². The molecule has 2 aromatic heterocycles. The predicted molar refractivity (Wildman–Crippen MR) is 117 cm³/mol. The van der Waals surface area contributed by atoms with Crippen LogP contribution in [-0.2, 0) is 11.0 Å². The molecule has 2 heterocycles. The second-order valence-electron chi connectivity index (χ2n) is 6.60. The number of thioether (sulfide) groups is 1. The molecule has 0 aliphatic rings. The molecule has 0 aliphatic heterocycles. The second-order valence-corrected chi connectivity index (χ2v) is 7.54. The molecule has 0 atom stereocenters. The van der Waals surface area contributed by atoms with Crippen molar-refractivity contribution in [2.75, 3.05) is 18.8 Å². The summed E-state index contributed by atoms with van der Waals surface area (Å²) < 4.78 is 41.4. The Balaban J connectivity index is 1.99. The van der Waals surface area contributed by atoms with Gasteiger partial charge in [-0.2, -0.15) is 13.2 Å². The number of aromatic nitrogens is 4. The number of benzene rings is 1. The van der Waals surface area contributed by atoms with Gasteiger partial charge in [0.2, 0.25) is 5.91 Å². The summed E-state index contributed by atoms with van der Waals surface area (Å²) in [5.41, 5.74) is 0.0131. The van der Waals surface area contributed by atoms with Crippen molar-refractivity contribution in [3.8, 4) is 17.1 Å². The highest BCUT2D eigenvalue weighted by atomic mass is 32.2. The van der Waals surface area contributed by atoms with Crippen LogP contribution in [0.15, 0.2) is 79.3 Å². The molecule has 0 saturated heterocycles. The maximum absolute atomic E-state index is 13.3. The van der Waals surface area contributed by atoms with Crippen molar-refractivity contribution in [2.24, 2.45) is 0 Å². The Bertz CT molecular complexity index is 1090. The first-order valence-electron chi connectivity index (χ1n) is 9.51. The predicted octanol–water partition coefficient (Wildman–Crippen LogP) is 4.64. The zero-order valence-electron chi connectivity index (χ0n) is 17.0. The van der Waals surface area contributed by atoms with Crippen LogP contribution in [0.25, 0.3) is 17.1 Å². The summed E-state index contributed by atoms with van der Waals surface area (Å²) in [6, 6.07) is 8.30. The number of pyridine rings is 1. The van der Waals surface area contributed by atoms with E-state index in [1.807, 2.05) is 0 Å². The van der Waals surface area contributed by atoms with Gasteiger partial charge in [-0.3, -0.25) is 14.3 Å². The summed E-state index contributed by atoms with van der Waals surface area (Å²) in [4.78, 5) is 18.2. The van der Waals surface area contributed by atoms with Crippen molar-refractivity contribution >= 4 is 17.7 Å². The molecule has 0 fully saturated rings. The van der Waals surface area contributed by atoms with Gasteiger partial charge in [-0.05, 0) is 30.3 Å². The standard InChI is InChI=1S/C22H20F3N5OS/c1-3-11-29(12-4-2)19(31)15-32-21-28-27-20(16-7-6-10-26-14-16)30(21)18-9-5-8-17(13-18)22(23,24)25/h3-10,13-14H,1-2,11-12,15H2. The zero-order valence-corrected chi connectivity index (χ0v) is 17.8. The molecule has 0 unspecified atom stereocenters. The molecule has 1 amide bonds. The lowest BCUT2D eigenvalue weighted by molar-refractivity contribution is -0.137. The number of alkyl halides is 3. The minimum absolute atomic E-state index is 0.0197. The van der Waals surface area contributed by atoms with Crippen LogP contribution in [0, 0.1) is 0 Å². The van der Waals surface area contributed by atoms with Crippen molar-refractivity contribution < 1.29 is 18.0 Å². The van der Waals surface area contributed by atoms with Gasteiger partial charge in [0.15, 0.2) is 11.0 Å². The first-order chi connectivity index (χ1) is 15.3. The van der Waals surface area contributed by atoms with Gasteiger partial charge in [-0.25, -0.2) is 0 Å². The highest BCUT2D eigenvalue weighted by Gasteiger charge is 2.31. The lowest BCUT2D eigenvalue weighted by Crippen LogP contribution is -2.32. The van der Waals surface area contributed by atoms with Crippen LogP contribution in [0.2, 0.25) is 0 Å². The fourth-order valence-corrected chi connectivity index (χ4v) is 3.76. The number of hydrogen-bond acceptors (Lipinski definition) is 5. The molecule has 0 radical (unpaired) electrons. The van der Waals surface area contributed by atoms with Gasteiger partial charge in [0, 0.05) is 31.0 Å². The highest BCUT2D eigenvalue weighted by molar-refractivity contribution is 7.99. The third kappa shape index (κ3) is 5.44. The van der Waals surface area contributed by atoms with Gasteiger partial charge in [0.05, 0.1) is 17.0 Å². The number of carbonyl (C=O) groups is 1. The van der Waals surface area contributed by atoms with Gasteiger partial charge >= 0.3 is 6.18 Å². The molecular formula is C22H20F3N5OS. The Morgan fingerprint density at radius 2 is 1.88 bits per heavy atom. The summed E-state index contributed by atoms with van der Waals surface area (Å²) in [5, 5.41) is 8.59. The average molecular weight is 459 g/mol. The van der Waals surface area contributed by atoms with Gasteiger partial charge in [0.1, 0.15) is 0 Å². The van der Waals surface area contributed by atoms with E-state index in [-0.39, 0.29) is 22.5 Å². The van der Waals surface area contributed by atoms with Gasteiger partial charge in [-0.1, -0.05) is 30.0 Å². The SMILES string of the molecule is C=CCN(CC=C)C(=O)CSc1nnc(-c2cccnc2)n1-c1cccc(C(F)(F)F)c1. The Morgan fingerprint density at radius 1 is 1.12 bits per heavy atom. The first-order valence-corrected chi connectivity index (χ1v) is 10.5. The Kier molecular flexibility index (Phi) is 7.47. The third-order valence-electron chi connectivity index (χ3n) is 4.36. The molecule has 32 heavy (non-hydrogen) atoms. The molecule has 10 heteroatoms. The second kappa shape index (κ2) is 10.3. The normalized spacial score (nSPS) is 11.2. The number of rotatable bonds is 9. The molecule has 0 aliphatic carbocycles. The molecule has 0 spiro atoms. The average Bonchev–Trinajstić information content (AvgIpc) is 3.21.